The summed E-state index contributed by atoms with van der Waals surface area (Å²) in [6.07, 6.45) is 1.15. The maximum absolute atomic E-state index is 12.5. The number of hydrogen-bond donors (Lipinski definition) is 2. The smallest absolute Gasteiger partial charge is 0.317 e. The van der Waals surface area contributed by atoms with E-state index in [0.717, 1.165) is 25.9 Å². The highest BCUT2D eigenvalue weighted by Gasteiger charge is 2.24. The minimum absolute atomic E-state index is 0.149. The Labute approximate surface area is 159 Å². The van der Waals surface area contributed by atoms with Crippen LogP contribution in [0.2, 0.25) is 0 Å². The number of nitrogen functional groups attached to an aromatic ring is 1. The van der Waals surface area contributed by atoms with Crippen LogP contribution in [0.3, 0.4) is 0 Å². The Hall–Kier alpha value is -2.83. The Morgan fingerprint density at radius 2 is 1.78 bits per heavy atom. The molecule has 0 spiro atoms. The lowest BCUT2D eigenvalue weighted by Gasteiger charge is -2.34. The molecule has 3 N–H and O–H groups in total. The van der Waals surface area contributed by atoms with Crippen molar-refractivity contribution >= 4 is 17.3 Å². The molecule has 3 rings (SSSR count). The molecule has 1 amide bonds. The molecule has 1 fully saturated rings. The number of anilines is 2. The van der Waals surface area contributed by atoms with Gasteiger partial charge in [-0.15, -0.1) is 0 Å². The number of aryl methyl sites for hydroxylation is 2. The zero-order chi connectivity index (χ0) is 19.4. The summed E-state index contributed by atoms with van der Waals surface area (Å²) in [5.41, 5.74) is 8.93. The number of nitrogens with two attached hydrogens (primary N) is 1. The topological polar surface area (TPSA) is 93.4 Å². The van der Waals surface area contributed by atoms with E-state index < -0.39 is 6.10 Å². The van der Waals surface area contributed by atoms with Gasteiger partial charge in [0, 0.05) is 24.8 Å². The van der Waals surface area contributed by atoms with E-state index in [2.05, 4.69) is 32.3 Å². The molecule has 1 aromatic carbocycles. The van der Waals surface area contributed by atoms with E-state index in [9.17, 15) is 4.79 Å². The largest absolute Gasteiger partial charge is 0.450 e. The molecule has 7 heteroatoms. The second-order valence-corrected chi connectivity index (χ2v) is 6.96. The van der Waals surface area contributed by atoms with E-state index in [1.54, 1.807) is 20.8 Å². The average Bonchev–Trinajstić information content (AvgIpc) is 2.67. The third-order valence-electron chi connectivity index (χ3n) is 4.92. The van der Waals surface area contributed by atoms with E-state index in [-0.39, 0.29) is 18.0 Å². The van der Waals surface area contributed by atoms with Crippen LogP contribution in [0.1, 0.15) is 31.2 Å². The molecule has 0 saturated carbocycles. The van der Waals surface area contributed by atoms with E-state index in [1.165, 1.54) is 5.69 Å². The Bertz CT molecular complexity index is 765. The fourth-order valence-electron chi connectivity index (χ4n) is 3.20. The lowest BCUT2D eigenvalue weighted by molar-refractivity contribution is -0.128. The lowest BCUT2D eigenvalue weighted by atomic mass is 10.0. The second-order valence-electron chi connectivity index (χ2n) is 6.96. The van der Waals surface area contributed by atoms with Crippen LogP contribution >= 0.6 is 0 Å². The fraction of sp³-hybridized carbons (Fsp3) is 0.450. The molecule has 0 radical (unpaired) electrons. The zero-order valence-electron chi connectivity index (χ0n) is 16.1. The quantitative estimate of drug-likeness (QED) is 0.839. The maximum atomic E-state index is 12.5. The van der Waals surface area contributed by atoms with Crippen LogP contribution in [0.15, 0.2) is 30.3 Å². The van der Waals surface area contributed by atoms with E-state index >= 15 is 0 Å². The van der Waals surface area contributed by atoms with Crippen LogP contribution < -0.4 is 20.7 Å². The maximum Gasteiger partial charge on any atom is 0.317 e. The van der Waals surface area contributed by atoms with Gasteiger partial charge >= 0.3 is 6.01 Å². The fourth-order valence-corrected chi connectivity index (χ4v) is 3.20. The van der Waals surface area contributed by atoms with Gasteiger partial charge in [-0.05, 0) is 45.7 Å². The Kier molecular flexibility index (Phi) is 5.78. The third-order valence-corrected chi connectivity index (χ3v) is 4.92. The summed E-state index contributed by atoms with van der Waals surface area (Å²) in [6, 6.07) is 10.7. The highest BCUT2D eigenvalue weighted by molar-refractivity contribution is 5.81. The van der Waals surface area contributed by atoms with Gasteiger partial charge in [0.25, 0.3) is 5.91 Å². The number of hydrogen-bond acceptors (Lipinski definition) is 6. The molecule has 1 aliphatic heterocycles. The lowest BCUT2D eigenvalue weighted by Crippen LogP contribution is -2.48. The molecule has 0 bridgehead atoms. The number of ether oxygens (including phenoxy) is 1. The molecular formula is C20H27N5O2. The van der Waals surface area contributed by atoms with Crippen LogP contribution in [0.4, 0.5) is 11.4 Å². The molecule has 0 aliphatic carbocycles. The standard InChI is InChI=1S/C20H27N5O2/c1-13-18(21)14(2)23-20(22-13)27-15(3)19(26)24-16-9-11-25(12-10-16)17-7-5-4-6-8-17/h4-8,15-16H,9-12,21H2,1-3H3,(H,24,26). The van der Waals surface area contributed by atoms with E-state index in [1.807, 2.05) is 18.2 Å². The Morgan fingerprint density at radius 1 is 1.19 bits per heavy atom. The van der Waals surface area contributed by atoms with Gasteiger partial charge in [0.05, 0.1) is 17.1 Å². The first-order chi connectivity index (χ1) is 12.9. The van der Waals surface area contributed by atoms with Gasteiger partial charge in [0.1, 0.15) is 0 Å². The summed E-state index contributed by atoms with van der Waals surface area (Å²) in [5.74, 6) is -0.149. The molecule has 1 atom stereocenters. The van der Waals surface area contributed by atoms with Gasteiger partial charge in [-0.25, -0.2) is 0 Å². The first-order valence-corrected chi connectivity index (χ1v) is 9.31. The van der Waals surface area contributed by atoms with Crippen molar-refractivity contribution in [1.29, 1.82) is 0 Å². The van der Waals surface area contributed by atoms with Gasteiger partial charge in [-0.2, -0.15) is 9.97 Å². The number of para-hydroxylation sites is 1. The van der Waals surface area contributed by atoms with Crippen molar-refractivity contribution < 1.29 is 9.53 Å². The van der Waals surface area contributed by atoms with Crippen LogP contribution in [-0.2, 0) is 4.79 Å². The highest BCUT2D eigenvalue weighted by atomic mass is 16.5. The summed E-state index contributed by atoms with van der Waals surface area (Å²) in [7, 11) is 0. The molecule has 144 valence electrons. The summed E-state index contributed by atoms with van der Waals surface area (Å²) in [6.45, 7) is 7.14. The molecule has 2 heterocycles. The van der Waals surface area contributed by atoms with Crippen molar-refractivity contribution in [3.63, 3.8) is 0 Å². The van der Waals surface area contributed by atoms with Crippen molar-refractivity contribution in [2.24, 2.45) is 0 Å². The number of carbonyl (C=O) groups excluding carboxylic acids is 1. The molecular weight excluding hydrogens is 342 g/mol. The molecule has 7 nitrogen and oxygen atoms in total. The third kappa shape index (κ3) is 4.67. The average molecular weight is 369 g/mol. The number of nitrogens with zero attached hydrogens (tertiary/aromatic N) is 3. The number of nitrogens with one attached hydrogen (secondary N) is 1. The van der Waals surface area contributed by atoms with Crippen LogP contribution in [0, 0.1) is 13.8 Å². The normalized spacial score (nSPS) is 16.0. The first-order valence-electron chi connectivity index (χ1n) is 9.31. The van der Waals surface area contributed by atoms with Crippen molar-refractivity contribution in [2.75, 3.05) is 23.7 Å². The SMILES string of the molecule is Cc1nc(OC(C)C(=O)NC2CCN(c3ccccc3)CC2)nc(C)c1N. The van der Waals surface area contributed by atoms with Gasteiger partial charge in [-0.3, -0.25) is 4.79 Å². The monoisotopic (exact) mass is 369 g/mol. The van der Waals surface area contributed by atoms with Crippen LogP contribution in [0.5, 0.6) is 6.01 Å². The summed E-state index contributed by atoms with van der Waals surface area (Å²) in [4.78, 5) is 23.2. The predicted octanol–water partition coefficient (Wildman–Crippen LogP) is 2.23. The molecule has 1 unspecified atom stereocenters. The van der Waals surface area contributed by atoms with E-state index in [0.29, 0.717) is 17.1 Å². The van der Waals surface area contributed by atoms with E-state index in [4.69, 9.17) is 10.5 Å². The second kappa shape index (κ2) is 8.24. The summed E-state index contributed by atoms with van der Waals surface area (Å²) in [5, 5.41) is 3.08. The zero-order valence-corrected chi connectivity index (χ0v) is 16.1. The first kappa shape index (κ1) is 18.9. The van der Waals surface area contributed by atoms with Crippen LogP contribution in [-0.4, -0.2) is 41.1 Å². The van der Waals surface area contributed by atoms with Crippen molar-refractivity contribution in [3.8, 4) is 6.01 Å². The van der Waals surface area contributed by atoms with Gasteiger partial charge in [-0.1, -0.05) is 18.2 Å². The van der Waals surface area contributed by atoms with Gasteiger partial charge in [0.15, 0.2) is 6.10 Å². The highest BCUT2D eigenvalue weighted by Crippen LogP contribution is 2.20. The Morgan fingerprint density at radius 3 is 2.37 bits per heavy atom. The number of rotatable bonds is 5. The van der Waals surface area contributed by atoms with Gasteiger partial charge < -0.3 is 20.7 Å². The summed E-state index contributed by atoms with van der Waals surface area (Å²) < 4.78 is 5.62. The molecule has 27 heavy (non-hydrogen) atoms. The van der Waals surface area contributed by atoms with Crippen molar-refractivity contribution in [3.05, 3.63) is 41.7 Å². The number of benzene rings is 1. The predicted molar refractivity (Wildman–Crippen MR) is 106 cm³/mol. The minimum Gasteiger partial charge on any atom is -0.450 e. The van der Waals surface area contributed by atoms with Crippen molar-refractivity contribution in [2.45, 2.75) is 45.8 Å². The number of aromatic nitrogens is 2. The molecule has 1 aromatic heterocycles. The Balaban J connectivity index is 1.50. The van der Waals surface area contributed by atoms with Crippen molar-refractivity contribution in [1.82, 2.24) is 15.3 Å². The molecule has 1 saturated heterocycles. The van der Waals surface area contributed by atoms with Gasteiger partial charge in [0.2, 0.25) is 0 Å². The number of piperidine rings is 1. The minimum atomic E-state index is -0.667. The molecule has 2 aromatic rings. The molecule has 1 aliphatic rings. The number of carbonyl (C=O) groups is 1. The summed E-state index contributed by atoms with van der Waals surface area (Å²) >= 11 is 0. The number of amides is 1. The van der Waals surface area contributed by atoms with Crippen LogP contribution in [0.25, 0.3) is 0 Å².